The SMILES string of the molecule is Cc1cc(NC(=O)CN(CCC(C)C)C(=O)c2ccc([N+](=O)[O-])cc2)no1. The maximum atomic E-state index is 12.8. The highest BCUT2D eigenvalue weighted by molar-refractivity contribution is 5.99. The Labute approximate surface area is 156 Å². The fourth-order valence-corrected chi connectivity index (χ4v) is 2.36. The van der Waals surface area contributed by atoms with Gasteiger partial charge in [-0.05, 0) is 31.4 Å². The summed E-state index contributed by atoms with van der Waals surface area (Å²) in [4.78, 5) is 36.7. The molecule has 0 radical (unpaired) electrons. The van der Waals surface area contributed by atoms with E-state index in [1.807, 2.05) is 13.8 Å². The zero-order valence-electron chi connectivity index (χ0n) is 15.5. The molecule has 1 aromatic carbocycles. The minimum absolute atomic E-state index is 0.0978. The third kappa shape index (κ3) is 5.91. The first kappa shape index (κ1) is 20.1. The molecule has 0 aliphatic carbocycles. The second kappa shape index (κ2) is 8.93. The average molecular weight is 374 g/mol. The maximum absolute atomic E-state index is 12.8. The number of hydrogen-bond acceptors (Lipinski definition) is 6. The van der Waals surface area contributed by atoms with Crippen LogP contribution in [0.25, 0.3) is 0 Å². The molecule has 2 rings (SSSR count). The summed E-state index contributed by atoms with van der Waals surface area (Å²) in [7, 11) is 0. The number of aromatic nitrogens is 1. The van der Waals surface area contributed by atoms with E-state index in [9.17, 15) is 19.7 Å². The quantitative estimate of drug-likeness (QED) is 0.560. The van der Waals surface area contributed by atoms with Crippen LogP contribution in [0, 0.1) is 23.0 Å². The van der Waals surface area contributed by atoms with E-state index in [0.717, 1.165) is 6.42 Å². The van der Waals surface area contributed by atoms with E-state index >= 15 is 0 Å². The highest BCUT2D eigenvalue weighted by Crippen LogP contribution is 2.15. The molecule has 9 nitrogen and oxygen atoms in total. The fraction of sp³-hybridized carbons (Fsp3) is 0.389. The predicted octanol–water partition coefficient (Wildman–Crippen LogP) is 3.02. The van der Waals surface area contributed by atoms with Crippen LogP contribution in [-0.2, 0) is 4.79 Å². The molecule has 0 aliphatic rings. The predicted molar refractivity (Wildman–Crippen MR) is 98.3 cm³/mol. The second-order valence-electron chi connectivity index (χ2n) is 6.58. The zero-order chi connectivity index (χ0) is 20.0. The summed E-state index contributed by atoms with van der Waals surface area (Å²) in [6.45, 7) is 5.97. The van der Waals surface area contributed by atoms with Crippen LogP contribution < -0.4 is 5.32 Å². The largest absolute Gasteiger partial charge is 0.360 e. The molecule has 0 unspecified atom stereocenters. The van der Waals surface area contributed by atoms with Crippen molar-refractivity contribution < 1.29 is 19.0 Å². The number of carbonyl (C=O) groups is 2. The van der Waals surface area contributed by atoms with Crippen molar-refractivity contribution >= 4 is 23.3 Å². The van der Waals surface area contributed by atoms with Crippen LogP contribution in [-0.4, -0.2) is 39.9 Å². The van der Waals surface area contributed by atoms with Crippen molar-refractivity contribution in [3.8, 4) is 0 Å². The van der Waals surface area contributed by atoms with Crippen LogP contribution in [0.5, 0.6) is 0 Å². The molecule has 144 valence electrons. The van der Waals surface area contributed by atoms with Crippen LogP contribution in [0.3, 0.4) is 0 Å². The summed E-state index contributed by atoms with van der Waals surface area (Å²) in [5.41, 5.74) is 0.189. The van der Waals surface area contributed by atoms with Gasteiger partial charge in [0.15, 0.2) is 5.82 Å². The lowest BCUT2D eigenvalue weighted by Gasteiger charge is -2.23. The van der Waals surface area contributed by atoms with Crippen molar-refractivity contribution in [1.29, 1.82) is 0 Å². The van der Waals surface area contributed by atoms with Gasteiger partial charge in [-0.15, -0.1) is 0 Å². The van der Waals surface area contributed by atoms with Crippen LogP contribution >= 0.6 is 0 Å². The highest BCUT2D eigenvalue weighted by Gasteiger charge is 2.20. The first-order valence-corrected chi connectivity index (χ1v) is 8.53. The number of amides is 2. The van der Waals surface area contributed by atoms with Crippen molar-refractivity contribution in [1.82, 2.24) is 10.1 Å². The van der Waals surface area contributed by atoms with Crippen molar-refractivity contribution in [2.75, 3.05) is 18.4 Å². The lowest BCUT2D eigenvalue weighted by molar-refractivity contribution is -0.384. The average Bonchev–Trinajstić information content (AvgIpc) is 3.02. The van der Waals surface area contributed by atoms with Crippen LogP contribution in [0.2, 0.25) is 0 Å². The van der Waals surface area contributed by atoms with Gasteiger partial charge in [-0.3, -0.25) is 19.7 Å². The zero-order valence-corrected chi connectivity index (χ0v) is 15.5. The van der Waals surface area contributed by atoms with Crippen LogP contribution in [0.1, 0.15) is 36.4 Å². The Morgan fingerprint density at radius 1 is 1.30 bits per heavy atom. The summed E-state index contributed by atoms with van der Waals surface area (Å²) >= 11 is 0. The molecule has 0 fully saturated rings. The lowest BCUT2D eigenvalue weighted by atomic mass is 10.1. The molecule has 0 aliphatic heterocycles. The van der Waals surface area contributed by atoms with Gasteiger partial charge in [0.2, 0.25) is 5.91 Å². The van der Waals surface area contributed by atoms with Gasteiger partial charge in [-0.25, -0.2) is 0 Å². The van der Waals surface area contributed by atoms with E-state index in [4.69, 9.17) is 4.52 Å². The molecule has 1 N–H and O–H groups in total. The smallest absolute Gasteiger partial charge is 0.269 e. The standard InChI is InChI=1S/C18H22N4O5/c1-12(2)8-9-21(11-17(23)19-16-10-13(3)27-20-16)18(24)14-4-6-15(7-5-14)22(25)26/h4-7,10,12H,8-9,11H2,1-3H3,(H,19,20,23). The number of nitro benzene ring substituents is 1. The molecule has 2 aromatic rings. The number of benzene rings is 1. The summed E-state index contributed by atoms with van der Waals surface area (Å²) < 4.78 is 4.90. The van der Waals surface area contributed by atoms with E-state index in [1.54, 1.807) is 13.0 Å². The van der Waals surface area contributed by atoms with Gasteiger partial charge in [-0.2, -0.15) is 0 Å². The lowest BCUT2D eigenvalue weighted by Crippen LogP contribution is -2.39. The molecule has 0 bridgehead atoms. The molecule has 1 aromatic heterocycles. The van der Waals surface area contributed by atoms with Gasteiger partial charge in [0.1, 0.15) is 12.3 Å². The van der Waals surface area contributed by atoms with Crippen molar-refractivity contribution in [3.63, 3.8) is 0 Å². The van der Waals surface area contributed by atoms with Crippen molar-refractivity contribution in [2.45, 2.75) is 27.2 Å². The molecule has 1 heterocycles. The summed E-state index contributed by atoms with van der Waals surface area (Å²) in [5, 5.41) is 17.0. The Bertz CT molecular complexity index is 813. The van der Waals surface area contributed by atoms with Crippen molar-refractivity contribution in [3.05, 3.63) is 51.8 Å². The van der Waals surface area contributed by atoms with Crippen LogP contribution in [0.4, 0.5) is 11.5 Å². The van der Waals surface area contributed by atoms with E-state index in [1.165, 1.54) is 29.2 Å². The van der Waals surface area contributed by atoms with Gasteiger partial charge in [0.25, 0.3) is 11.6 Å². The van der Waals surface area contributed by atoms with E-state index in [2.05, 4.69) is 10.5 Å². The number of anilines is 1. The van der Waals surface area contributed by atoms with E-state index in [-0.39, 0.29) is 29.5 Å². The summed E-state index contributed by atoms with van der Waals surface area (Å²) in [6, 6.07) is 6.90. The number of aryl methyl sites for hydroxylation is 1. The summed E-state index contributed by atoms with van der Waals surface area (Å²) in [6.07, 6.45) is 0.717. The first-order chi connectivity index (χ1) is 12.8. The number of carbonyl (C=O) groups excluding carboxylic acids is 2. The molecule has 0 saturated carbocycles. The Hall–Kier alpha value is -3.23. The maximum Gasteiger partial charge on any atom is 0.269 e. The minimum atomic E-state index is -0.530. The molecular formula is C18H22N4O5. The molecule has 0 spiro atoms. The van der Waals surface area contributed by atoms with Gasteiger partial charge < -0.3 is 14.7 Å². The number of non-ortho nitro benzene ring substituents is 1. The van der Waals surface area contributed by atoms with E-state index < -0.39 is 10.8 Å². The molecular weight excluding hydrogens is 352 g/mol. The minimum Gasteiger partial charge on any atom is -0.360 e. The molecule has 9 heteroatoms. The topological polar surface area (TPSA) is 119 Å². The Balaban J connectivity index is 2.10. The molecule has 0 saturated heterocycles. The highest BCUT2D eigenvalue weighted by atomic mass is 16.6. The second-order valence-corrected chi connectivity index (χ2v) is 6.58. The number of nitrogens with one attached hydrogen (secondary N) is 1. The Kier molecular flexibility index (Phi) is 6.64. The monoisotopic (exact) mass is 374 g/mol. The van der Waals surface area contributed by atoms with Gasteiger partial charge in [0, 0.05) is 30.3 Å². The van der Waals surface area contributed by atoms with Gasteiger partial charge >= 0.3 is 0 Å². The van der Waals surface area contributed by atoms with E-state index in [0.29, 0.717) is 18.2 Å². The number of nitro groups is 1. The number of nitrogens with zero attached hydrogens (tertiary/aromatic N) is 3. The van der Waals surface area contributed by atoms with Gasteiger partial charge in [-0.1, -0.05) is 19.0 Å². The Morgan fingerprint density at radius 3 is 2.48 bits per heavy atom. The molecule has 2 amide bonds. The number of hydrogen-bond donors (Lipinski definition) is 1. The van der Waals surface area contributed by atoms with Crippen molar-refractivity contribution in [2.24, 2.45) is 5.92 Å². The fourth-order valence-electron chi connectivity index (χ4n) is 2.36. The third-order valence-electron chi connectivity index (χ3n) is 3.82. The molecule has 0 atom stereocenters. The van der Waals surface area contributed by atoms with Gasteiger partial charge in [0.05, 0.1) is 4.92 Å². The Morgan fingerprint density at radius 2 is 1.96 bits per heavy atom. The normalized spacial score (nSPS) is 10.7. The first-order valence-electron chi connectivity index (χ1n) is 8.53. The van der Waals surface area contributed by atoms with Crippen LogP contribution in [0.15, 0.2) is 34.9 Å². The summed E-state index contributed by atoms with van der Waals surface area (Å²) in [5.74, 6) is 0.422. The number of rotatable bonds is 8. The third-order valence-corrected chi connectivity index (χ3v) is 3.82. The molecule has 27 heavy (non-hydrogen) atoms.